The zero-order valence-electron chi connectivity index (χ0n) is 25.0. The monoisotopic (exact) mass is 601 g/mol. The number of carbonyl (C=O) groups excluding carboxylic acids is 4. The largest absolute Gasteiger partial charge is 0.461 e. The van der Waals surface area contributed by atoms with Gasteiger partial charge in [-0.1, -0.05) is 79.9 Å². The van der Waals surface area contributed by atoms with Gasteiger partial charge in [0, 0.05) is 41.1 Å². The van der Waals surface area contributed by atoms with E-state index < -0.39 is 0 Å². The first-order valence-electron chi connectivity index (χ1n) is 14.6. The number of benzene rings is 4. The second kappa shape index (κ2) is 16.3. The van der Waals surface area contributed by atoms with Gasteiger partial charge in [0.25, 0.3) is 0 Å². The Bertz CT molecular complexity index is 1540. The molecule has 0 aliphatic heterocycles. The Morgan fingerprint density at radius 1 is 0.556 bits per heavy atom. The molecule has 0 aliphatic rings. The van der Waals surface area contributed by atoms with Crippen molar-refractivity contribution in [2.75, 3.05) is 18.1 Å². The van der Waals surface area contributed by atoms with Crippen molar-refractivity contribution in [1.29, 1.82) is 0 Å². The predicted molar refractivity (Wildman–Crippen MR) is 176 cm³/mol. The molecule has 0 amide bonds. The molecule has 4 rings (SSSR count). The van der Waals surface area contributed by atoms with Crippen LogP contribution in [-0.4, -0.2) is 37.7 Å². The zero-order valence-corrected chi connectivity index (χ0v) is 25.0. The lowest BCUT2D eigenvalue weighted by atomic mass is 10.0. The van der Waals surface area contributed by atoms with Crippen molar-refractivity contribution in [3.05, 3.63) is 139 Å². The van der Waals surface area contributed by atoms with E-state index in [1.807, 2.05) is 66.7 Å². The highest BCUT2D eigenvalue weighted by atomic mass is 16.5. The molecule has 7 nitrogen and oxygen atoms in total. The van der Waals surface area contributed by atoms with Crippen LogP contribution in [0.25, 0.3) is 11.1 Å². The number of hydrogen-bond donors (Lipinski definition) is 0. The van der Waals surface area contributed by atoms with E-state index in [4.69, 9.17) is 9.47 Å². The molecule has 0 bridgehead atoms. The summed E-state index contributed by atoms with van der Waals surface area (Å²) in [4.78, 5) is 47.6. The Kier molecular flexibility index (Phi) is 11.7. The first kappa shape index (κ1) is 32.4. The van der Waals surface area contributed by atoms with Crippen LogP contribution < -0.4 is 4.90 Å². The van der Waals surface area contributed by atoms with Gasteiger partial charge in [0.2, 0.25) is 0 Å². The molecule has 0 atom stereocenters. The lowest BCUT2D eigenvalue weighted by molar-refractivity contribution is -0.143. The summed E-state index contributed by atoms with van der Waals surface area (Å²) in [6.07, 6.45) is 2.54. The summed E-state index contributed by atoms with van der Waals surface area (Å²) in [7, 11) is 0. The summed E-state index contributed by atoms with van der Waals surface area (Å²) in [5.41, 5.74) is 7.46. The third kappa shape index (κ3) is 9.73. The van der Waals surface area contributed by atoms with Crippen LogP contribution in [0.4, 0.5) is 17.1 Å². The molecule has 0 unspecified atom stereocenters. The molecular formula is C38H35NO6. The van der Waals surface area contributed by atoms with Gasteiger partial charge in [-0.2, -0.15) is 0 Å². The third-order valence-corrected chi connectivity index (χ3v) is 7.03. The van der Waals surface area contributed by atoms with Gasteiger partial charge < -0.3 is 14.4 Å². The Balaban J connectivity index is 1.51. The smallest absolute Gasteiger partial charge is 0.306 e. The van der Waals surface area contributed by atoms with Gasteiger partial charge in [-0.25, -0.2) is 0 Å². The molecular weight excluding hydrogens is 566 g/mol. The number of hydrogen-bond acceptors (Lipinski definition) is 7. The molecule has 228 valence electrons. The second-order valence-corrected chi connectivity index (χ2v) is 10.5. The van der Waals surface area contributed by atoms with Crippen LogP contribution in [0.15, 0.2) is 127 Å². The maximum absolute atomic E-state index is 12.1. The van der Waals surface area contributed by atoms with E-state index in [1.54, 1.807) is 0 Å². The van der Waals surface area contributed by atoms with Crippen molar-refractivity contribution in [2.24, 2.45) is 0 Å². The summed E-state index contributed by atoms with van der Waals surface area (Å²) < 4.78 is 10.2. The molecule has 45 heavy (non-hydrogen) atoms. The Morgan fingerprint density at radius 3 is 1.33 bits per heavy atom. The van der Waals surface area contributed by atoms with E-state index in [0.717, 1.165) is 39.3 Å². The summed E-state index contributed by atoms with van der Waals surface area (Å²) in [5.74, 6) is -0.774. The van der Waals surface area contributed by atoms with Gasteiger partial charge in [-0.15, -0.1) is 0 Å². The lowest BCUT2D eigenvalue weighted by Crippen LogP contribution is -2.11. The minimum absolute atomic E-state index is 0.0975. The van der Waals surface area contributed by atoms with E-state index in [1.165, 1.54) is 0 Å². The number of rotatable bonds is 16. The minimum Gasteiger partial charge on any atom is -0.461 e. The third-order valence-electron chi connectivity index (χ3n) is 7.03. The molecule has 0 fully saturated rings. The van der Waals surface area contributed by atoms with Crippen LogP contribution in [0, 0.1) is 0 Å². The number of esters is 2. The highest BCUT2D eigenvalue weighted by Crippen LogP contribution is 2.36. The van der Waals surface area contributed by atoms with Crippen molar-refractivity contribution in [3.8, 4) is 11.1 Å². The van der Waals surface area contributed by atoms with Crippen molar-refractivity contribution < 1.29 is 28.7 Å². The maximum atomic E-state index is 12.1. The molecule has 4 aromatic rings. The first-order valence-corrected chi connectivity index (χ1v) is 14.6. The fourth-order valence-corrected chi connectivity index (χ4v) is 4.56. The normalized spacial score (nSPS) is 10.4. The summed E-state index contributed by atoms with van der Waals surface area (Å²) >= 11 is 0. The Labute approximate surface area is 263 Å². The van der Waals surface area contributed by atoms with Crippen molar-refractivity contribution in [1.82, 2.24) is 0 Å². The van der Waals surface area contributed by atoms with Crippen LogP contribution in [0.1, 0.15) is 24.0 Å². The van der Waals surface area contributed by atoms with Crippen LogP contribution >= 0.6 is 0 Å². The quantitative estimate of drug-likeness (QED) is 0.0757. The van der Waals surface area contributed by atoms with Gasteiger partial charge >= 0.3 is 11.9 Å². The van der Waals surface area contributed by atoms with E-state index in [-0.39, 0.29) is 49.1 Å². The molecule has 0 aromatic heterocycles. The van der Waals surface area contributed by atoms with E-state index in [0.29, 0.717) is 25.4 Å². The molecule has 0 spiro atoms. The molecule has 0 saturated heterocycles. The number of aryl methyl sites for hydroxylation is 2. The second-order valence-electron chi connectivity index (χ2n) is 10.5. The lowest BCUT2D eigenvalue weighted by Gasteiger charge is -2.26. The van der Waals surface area contributed by atoms with E-state index in [9.17, 15) is 19.2 Å². The molecule has 7 heteroatoms. The number of nitrogens with zero attached hydrogens (tertiary/aromatic N) is 1. The van der Waals surface area contributed by atoms with Crippen LogP contribution in [-0.2, 0) is 41.5 Å². The molecule has 0 saturated carbocycles. The molecule has 0 N–H and O–H groups in total. The van der Waals surface area contributed by atoms with Crippen molar-refractivity contribution in [2.45, 2.75) is 25.7 Å². The first-order chi connectivity index (χ1) is 21.9. The van der Waals surface area contributed by atoms with Gasteiger partial charge in [0.1, 0.15) is 25.8 Å². The van der Waals surface area contributed by atoms with Crippen LogP contribution in [0.5, 0.6) is 0 Å². The molecule has 4 aromatic carbocycles. The number of carbonyl (C=O) groups is 4. The maximum Gasteiger partial charge on any atom is 0.306 e. The van der Waals surface area contributed by atoms with Gasteiger partial charge in [0.15, 0.2) is 0 Å². The average Bonchev–Trinajstić information content (AvgIpc) is 3.09. The van der Waals surface area contributed by atoms with Crippen LogP contribution in [0.2, 0.25) is 0 Å². The molecule has 0 radical (unpaired) electrons. The van der Waals surface area contributed by atoms with Crippen molar-refractivity contribution >= 4 is 41.6 Å². The Morgan fingerprint density at radius 2 is 0.933 bits per heavy atom. The molecule has 0 aliphatic carbocycles. The van der Waals surface area contributed by atoms with Gasteiger partial charge in [0.05, 0.1) is 0 Å². The van der Waals surface area contributed by atoms with E-state index >= 15 is 0 Å². The van der Waals surface area contributed by atoms with Gasteiger partial charge in [-0.05, 0) is 71.5 Å². The van der Waals surface area contributed by atoms with E-state index in [2.05, 4.69) is 54.5 Å². The number of anilines is 3. The summed E-state index contributed by atoms with van der Waals surface area (Å²) in [5, 5.41) is 0. The highest BCUT2D eigenvalue weighted by molar-refractivity contribution is 5.79. The standard InChI is InChI=1S/C38H35NO6/c1-28(24-40)26-44-37(42)22-12-30-8-16-34(17-9-30)39(36-20-14-33(15-21-36)32-6-4-3-5-7-32)35-18-10-31(11-19-35)13-23-38(43)45-27-29(2)25-41/h3-11,14-21,24-25H,1-2,12-13,22-23,26-27H2. The minimum atomic E-state index is -0.387. The predicted octanol–water partition coefficient (Wildman–Crippen LogP) is 7.29. The highest BCUT2D eigenvalue weighted by Gasteiger charge is 2.14. The molecule has 0 heterocycles. The SMILES string of the molecule is C=C(C=O)COC(=O)CCc1ccc(N(c2ccc(CCC(=O)OCC(=C)C=O)cc2)c2ccc(-c3ccccc3)cc2)cc1. The fourth-order valence-electron chi connectivity index (χ4n) is 4.56. The fraction of sp³-hybridized carbons (Fsp3) is 0.158. The topological polar surface area (TPSA) is 90.0 Å². The summed E-state index contributed by atoms with van der Waals surface area (Å²) in [6, 6.07) is 34.5. The van der Waals surface area contributed by atoms with Crippen molar-refractivity contribution in [3.63, 3.8) is 0 Å². The number of ether oxygens (including phenoxy) is 2. The van der Waals surface area contributed by atoms with Gasteiger partial charge in [-0.3, -0.25) is 19.2 Å². The van der Waals surface area contributed by atoms with Crippen LogP contribution in [0.3, 0.4) is 0 Å². The average molecular weight is 602 g/mol. The summed E-state index contributed by atoms with van der Waals surface area (Å²) in [6.45, 7) is 6.83. The Hall–Kier alpha value is -5.56. The number of aldehydes is 2. The zero-order chi connectivity index (χ0) is 32.0.